The Balaban J connectivity index is 2.58. The lowest BCUT2D eigenvalue weighted by Gasteiger charge is -2.10. The quantitative estimate of drug-likeness (QED) is 0.725. The average Bonchev–Trinajstić information content (AvgIpc) is 2.69. The number of nitrogens with zero attached hydrogens (tertiary/aromatic N) is 4. The summed E-state index contributed by atoms with van der Waals surface area (Å²) in [6, 6.07) is 0.900. The molecule has 0 aromatic carbocycles. The van der Waals surface area contributed by atoms with E-state index in [-0.39, 0.29) is 5.69 Å². The third kappa shape index (κ3) is 1.80. The van der Waals surface area contributed by atoms with E-state index in [0.717, 1.165) is 29.5 Å². The van der Waals surface area contributed by atoms with Crippen molar-refractivity contribution >= 4 is 0 Å². The average molecular weight is 214 g/mol. The molecule has 0 bridgehead atoms. The molecule has 0 unspecified atom stereocenters. The zero-order chi connectivity index (χ0) is 10.9. The van der Waals surface area contributed by atoms with Gasteiger partial charge in [0.2, 0.25) is 0 Å². The van der Waals surface area contributed by atoms with Crippen molar-refractivity contribution in [2.45, 2.75) is 6.18 Å². The maximum absolute atomic E-state index is 12.6. The highest BCUT2D eigenvalue weighted by molar-refractivity contribution is 5.38. The van der Waals surface area contributed by atoms with Gasteiger partial charge < -0.3 is 0 Å². The van der Waals surface area contributed by atoms with Crippen molar-refractivity contribution < 1.29 is 13.2 Å². The molecule has 15 heavy (non-hydrogen) atoms. The Morgan fingerprint density at radius 2 is 2.00 bits per heavy atom. The first-order valence-corrected chi connectivity index (χ1v) is 3.95. The lowest BCUT2D eigenvalue weighted by molar-refractivity contribution is -0.137. The van der Waals surface area contributed by atoms with Crippen LogP contribution >= 0.6 is 0 Å². The predicted octanol–water partition coefficient (Wildman–Crippen LogP) is 1.68. The lowest BCUT2D eigenvalue weighted by Crippen LogP contribution is -2.11. The third-order valence-electron chi connectivity index (χ3n) is 1.77. The second-order valence-electron chi connectivity index (χ2n) is 2.73. The molecule has 4 nitrogen and oxygen atoms in total. The Hall–Kier alpha value is -1.92. The highest BCUT2D eigenvalue weighted by atomic mass is 19.4. The molecule has 0 spiro atoms. The lowest BCUT2D eigenvalue weighted by atomic mass is 10.2. The van der Waals surface area contributed by atoms with Crippen LogP contribution < -0.4 is 0 Å². The summed E-state index contributed by atoms with van der Waals surface area (Å²) in [5, 5.41) is 3.63. The molecule has 2 rings (SSSR count). The number of halogens is 3. The van der Waals surface area contributed by atoms with Crippen molar-refractivity contribution in [3.05, 3.63) is 36.7 Å². The summed E-state index contributed by atoms with van der Waals surface area (Å²) in [6.45, 7) is 0. The summed E-state index contributed by atoms with van der Waals surface area (Å²) in [6.07, 6.45) is 0.102. The Labute approximate surface area is 82.4 Å². The SMILES string of the molecule is FC(F)(F)c1ccncc1-n1cncn1. The highest BCUT2D eigenvalue weighted by Gasteiger charge is 2.34. The maximum atomic E-state index is 12.6. The summed E-state index contributed by atoms with van der Waals surface area (Å²) in [4.78, 5) is 7.20. The van der Waals surface area contributed by atoms with Gasteiger partial charge in [-0.2, -0.15) is 18.3 Å². The van der Waals surface area contributed by atoms with Crippen molar-refractivity contribution in [3.63, 3.8) is 0 Å². The number of alkyl halides is 3. The molecule has 2 aromatic heterocycles. The Kier molecular flexibility index (Phi) is 2.14. The highest BCUT2D eigenvalue weighted by Crippen LogP contribution is 2.32. The molecule has 0 atom stereocenters. The van der Waals surface area contributed by atoms with E-state index in [1.165, 1.54) is 6.33 Å². The van der Waals surface area contributed by atoms with Gasteiger partial charge in [-0.05, 0) is 6.07 Å². The minimum Gasteiger partial charge on any atom is -0.262 e. The van der Waals surface area contributed by atoms with Crippen LogP contribution in [0.4, 0.5) is 13.2 Å². The number of rotatable bonds is 1. The minimum atomic E-state index is -4.43. The molecule has 7 heteroatoms. The van der Waals surface area contributed by atoms with Crippen molar-refractivity contribution in [1.29, 1.82) is 0 Å². The van der Waals surface area contributed by atoms with Gasteiger partial charge in [-0.25, -0.2) is 9.67 Å². The van der Waals surface area contributed by atoms with Crippen molar-refractivity contribution in [2.24, 2.45) is 0 Å². The molecule has 0 radical (unpaired) electrons. The molecular formula is C8H5F3N4. The monoisotopic (exact) mass is 214 g/mol. The second kappa shape index (κ2) is 3.34. The van der Waals surface area contributed by atoms with Crippen molar-refractivity contribution in [1.82, 2.24) is 19.7 Å². The molecule has 0 amide bonds. The topological polar surface area (TPSA) is 43.6 Å². The van der Waals surface area contributed by atoms with E-state index >= 15 is 0 Å². The van der Waals surface area contributed by atoms with Crippen LogP contribution in [0.1, 0.15) is 5.56 Å². The van der Waals surface area contributed by atoms with Crippen LogP contribution in [0.2, 0.25) is 0 Å². The van der Waals surface area contributed by atoms with Crippen molar-refractivity contribution in [3.8, 4) is 5.69 Å². The van der Waals surface area contributed by atoms with Crippen LogP contribution in [-0.4, -0.2) is 19.7 Å². The number of pyridine rings is 1. The minimum absolute atomic E-state index is 0.137. The van der Waals surface area contributed by atoms with Gasteiger partial charge in [0.05, 0.1) is 17.4 Å². The van der Waals surface area contributed by atoms with Gasteiger partial charge in [-0.1, -0.05) is 0 Å². The Morgan fingerprint density at radius 1 is 1.20 bits per heavy atom. The molecule has 0 aliphatic carbocycles. The fourth-order valence-electron chi connectivity index (χ4n) is 1.14. The van der Waals surface area contributed by atoms with Crippen LogP contribution in [0.3, 0.4) is 0 Å². The normalized spacial score (nSPS) is 11.7. The van der Waals surface area contributed by atoms with Gasteiger partial charge in [-0.3, -0.25) is 4.98 Å². The second-order valence-corrected chi connectivity index (χ2v) is 2.73. The number of aromatic nitrogens is 4. The third-order valence-corrected chi connectivity index (χ3v) is 1.77. The van der Waals surface area contributed by atoms with E-state index in [1.54, 1.807) is 0 Å². The van der Waals surface area contributed by atoms with E-state index in [0.29, 0.717) is 0 Å². The van der Waals surface area contributed by atoms with Crippen LogP contribution in [-0.2, 0) is 6.18 Å². The molecular weight excluding hydrogens is 209 g/mol. The molecule has 2 aromatic rings. The first-order chi connectivity index (χ1) is 7.09. The van der Waals surface area contributed by atoms with E-state index in [4.69, 9.17) is 0 Å². The maximum Gasteiger partial charge on any atom is 0.418 e. The fourth-order valence-corrected chi connectivity index (χ4v) is 1.14. The summed E-state index contributed by atoms with van der Waals surface area (Å²) >= 11 is 0. The van der Waals surface area contributed by atoms with E-state index in [9.17, 15) is 13.2 Å². The predicted molar refractivity (Wildman–Crippen MR) is 44.2 cm³/mol. The van der Waals surface area contributed by atoms with Gasteiger partial charge in [0.15, 0.2) is 0 Å². The Bertz CT molecular complexity index is 449. The smallest absolute Gasteiger partial charge is 0.262 e. The zero-order valence-corrected chi connectivity index (χ0v) is 7.31. The summed E-state index contributed by atoms with van der Waals surface area (Å²) < 4.78 is 38.7. The molecule has 0 aliphatic heterocycles. The molecule has 0 saturated carbocycles. The molecule has 0 fully saturated rings. The molecule has 0 N–H and O–H groups in total. The fraction of sp³-hybridized carbons (Fsp3) is 0.125. The molecule has 0 saturated heterocycles. The number of hydrogen-bond donors (Lipinski definition) is 0. The van der Waals surface area contributed by atoms with Crippen molar-refractivity contribution in [2.75, 3.05) is 0 Å². The van der Waals surface area contributed by atoms with E-state index in [2.05, 4.69) is 15.1 Å². The number of hydrogen-bond acceptors (Lipinski definition) is 3. The summed E-state index contributed by atoms with van der Waals surface area (Å²) in [5.41, 5.74) is -0.925. The van der Waals surface area contributed by atoms with Gasteiger partial charge in [-0.15, -0.1) is 0 Å². The summed E-state index contributed by atoms with van der Waals surface area (Å²) in [7, 11) is 0. The molecule has 2 heterocycles. The first kappa shape index (κ1) is 9.63. The van der Waals surface area contributed by atoms with E-state index < -0.39 is 11.7 Å². The van der Waals surface area contributed by atoms with Gasteiger partial charge in [0.1, 0.15) is 12.7 Å². The van der Waals surface area contributed by atoms with Gasteiger partial charge >= 0.3 is 6.18 Å². The standard InChI is InChI=1S/C8H5F3N4/c9-8(10,11)6-1-2-12-3-7(6)15-5-13-4-14-15/h1-5H. The van der Waals surface area contributed by atoms with E-state index in [1.807, 2.05) is 0 Å². The van der Waals surface area contributed by atoms with Crippen LogP contribution in [0.25, 0.3) is 5.69 Å². The summed E-state index contributed by atoms with van der Waals surface area (Å²) in [5.74, 6) is 0. The first-order valence-electron chi connectivity index (χ1n) is 3.95. The molecule has 0 aliphatic rings. The van der Waals surface area contributed by atoms with Gasteiger partial charge in [0.25, 0.3) is 0 Å². The van der Waals surface area contributed by atoms with Crippen LogP contribution in [0.15, 0.2) is 31.1 Å². The van der Waals surface area contributed by atoms with Crippen LogP contribution in [0.5, 0.6) is 0 Å². The largest absolute Gasteiger partial charge is 0.418 e. The van der Waals surface area contributed by atoms with Crippen LogP contribution in [0, 0.1) is 0 Å². The molecule has 78 valence electrons. The van der Waals surface area contributed by atoms with Gasteiger partial charge in [0, 0.05) is 6.20 Å². The Morgan fingerprint density at radius 3 is 2.60 bits per heavy atom. The zero-order valence-electron chi connectivity index (χ0n) is 7.31.